The van der Waals surface area contributed by atoms with Gasteiger partial charge in [-0.3, -0.25) is 5.01 Å². The molecule has 1 aliphatic rings. The van der Waals surface area contributed by atoms with E-state index < -0.39 is 0 Å². The molecule has 3 aromatic rings. The monoisotopic (exact) mass is 318 g/mol. The quantitative estimate of drug-likeness (QED) is 0.703. The van der Waals surface area contributed by atoms with Gasteiger partial charge in [0.2, 0.25) is 0 Å². The van der Waals surface area contributed by atoms with Gasteiger partial charge in [-0.2, -0.15) is 5.10 Å². The van der Waals surface area contributed by atoms with E-state index in [0.29, 0.717) is 0 Å². The zero-order chi connectivity index (χ0) is 16.4. The number of para-hydroxylation sites is 1. The molecule has 1 aliphatic heterocycles. The van der Waals surface area contributed by atoms with Crippen LogP contribution in [0, 0.1) is 0 Å². The lowest BCUT2D eigenvalue weighted by Crippen LogP contribution is -2.17. The molecule has 1 aromatic heterocycles. The van der Waals surface area contributed by atoms with Crippen molar-refractivity contribution in [2.45, 2.75) is 12.5 Å². The van der Waals surface area contributed by atoms with E-state index in [1.807, 2.05) is 59.6 Å². The van der Waals surface area contributed by atoms with Crippen molar-refractivity contribution in [3.63, 3.8) is 0 Å². The van der Waals surface area contributed by atoms with Crippen LogP contribution in [-0.4, -0.2) is 12.8 Å². The van der Waals surface area contributed by atoms with Gasteiger partial charge in [0, 0.05) is 6.42 Å². The fourth-order valence-corrected chi connectivity index (χ4v) is 2.99. The summed E-state index contributed by atoms with van der Waals surface area (Å²) in [5, 5.41) is 6.91. The van der Waals surface area contributed by atoms with E-state index in [1.54, 1.807) is 13.4 Å². The number of nitrogens with zero attached hydrogens (tertiary/aromatic N) is 2. The number of anilines is 1. The number of furan rings is 1. The molecule has 0 unspecified atom stereocenters. The minimum atomic E-state index is 0.0690. The summed E-state index contributed by atoms with van der Waals surface area (Å²) in [6.45, 7) is 0. The third kappa shape index (κ3) is 2.67. The first-order valence-electron chi connectivity index (χ1n) is 7.95. The smallest absolute Gasteiger partial charge is 0.128 e. The molecule has 2 aromatic carbocycles. The molecule has 120 valence electrons. The number of methoxy groups -OCH3 is 1. The second-order valence-electron chi connectivity index (χ2n) is 5.69. The van der Waals surface area contributed by atoms with Gasteiger partial charge < -0.3 is 9.15 Å². The van der Waals surface area contributed by atoms with E-state index in [2.05, 4.69) is 12.1 Å². The summed E-state index contributed by atoms with van der Waals surface area (Å²) in [7, 11) is 1.67. The van der Waals surface area contributed by atoms with Crippen LogP contribution in [0.5, 0.6) is 5.75 Å². The normalized spacial score (nSPS) is 17.0. The van der Waals surface area contributed by atoms with Crippen molar-refractivity contribution in [3.8, 4) is 5.75 Å². The fraction of sp³-hybridized carbons (Fsp3) is 0.150. The van der Waals surface area contributed by atoms with Crippen LogP contribution in [-0.2, 0) is 0 Å². The molecule has 4 rings (SSSR count). The third-order valence-electron chi connectivity index (χ3n) is 4.23. The minimum Gasteiger partial charge on any atom is -0.497 e. The molecule has 0 radical (unpaired) electrons. The third-order valence-corrected chi connectivity index (χ3v) is 4.23. The van der Waals surface area contributed by atoms with Gasteiger partial charge in [-0.1, -0.05) is 18.2 Å². The molecule has 24 heavy (non-hydrogen) atoms. The van der Waals surface area contributed by atoms with E-state index in [9.17, 15) is 0 Å². The van der Waals surface area contributed by atoms with Gasteiger partial charge >= 0.3 is 0 Å². The molecule has 0 fully saturated rings. The Morgan fingerprint density at radius 3 is 2.46 bits per heavy atom. The molecular formula is C20H18N2O2. The number of rotatable bonds is 4. The summed E-state index contributed by atoms with van der Waals surface area (Å²) in [6.07, 6.45) is 2.51. The van der Waals surface area contributed by atoms with Crippen LogP contribution in [0.3, 0.4) is 0 Å². The Morgan fingerprint density at radius 2 is 1.79 bits per heavy atom. The average molecular weight is 318 g/mol. The zero-order valence-electron chi connectivity index (χ0n) is 13.4. The fourth-order valence-electron chi connectivity index (χ4n) is 2.99. The van der Waals surface area contributed by atoms with Crippen molar-refractivity contribution in [1.82, 2.24) is 0 Å². The first-order chi connectivity index (χ1) is 11.8. The Balaban J connectivity index is 1.70. The second-order valence-corrected chi connectivity index (χ2v) is 5.69. The van der Waals surface area contributed by atoms with E-state index in [-0.39, 0.29) is 6.04 Å². The molecule has 0 aliphatic carbocycles. The zero-order valence-corrected chi connectivity index (χ0v) is 13.4. The van der Waals surface area contributed by atoms with Crippen molar-refractivity contribution in [3.05, 3.63) is 84.3 Å². The highest BCUT2D eigenvalue weighted by molar-refractivity contribution is 6.03. The van der Waals surface area contributed by atoms with Crippen molar-refractivity contribution in [2.75, 3.05) is 12.1 Å². The largest absolute Gasteiger partial charge is 0.497 e. The molecule has 4 nitrogen and oxygen atoms in total. The lowest BCUT2D eigenvalue weighted by molar-refractivity contribution is 0.415. The van der Waals surface area contributed by atoms with Gasteiger partial charge in [0.05, 0.1) is 24.8 Å². The molecule has 0 bridgehead atoms. The molecule has 1 atom stereocenters. The van der Waals surface area contributed by atoms with Gasteiger partial charge in [0.25, 0.3) is 0 Å². The first kappa shape index (κ1) is 14.6. The Hall–Kier alpha value is -3.01. The molecule has 0 saturated carbocycles. The lowest BCUT2D eigenvalue weighted by atomic mass is 10.0. The van der Waals surface area contributed by atoms with Crippen LogP contribution in [0.4, 0.5) is 5.69 Å². The van der Waals surface area contributed by atoms with E-state index >= 15 is 0 Å². The van der Waals surface area contributed by atoms with Gasteiger partial charge in [-0.15, -0.1) is 0 Å². The Bertz CT molecular complexity index is 824. The summed E-state index contributed by atoms with van der Waals surface area (Å²) in [4.78, 5) is 0. The van der Waals surface area contributed by atoms with Crippen molar-refractivity contribution in [2.24, 2.45) is 5.10 Å². The topological polar surface area (TPSA) is 38.0 Å². The number of hydrogen-bond donors (Lipinski definition) is 0. The minimum absolute atomic E-state index is 0.0690. The van der Waals surface area contributed by atoms with Crippen LogP contribution < -0.4 is 9.75 Å². The number of hydrazone groups is 1. The summed E-state index contributed by atoms with van der Waals surface area (Å²) < 4.78 is 10.9. The first-order valence-corrected chi connectivity index (χ1v) is 7.95. The van der Waals surface area contributed by atoms with Crippen LogP contribution >= 0.6 is 0 Å². The van der Waals surface area contributed by atoms with Crippen molar-refractivity contribution in [1.29, 1.82) is 0 Å². The molecule has 0 N–H and O–H groups in total. The van der Waals surface area contributed by atoms with E-state index in [1.165, 1.54) is 0 Å². The molecule has 0 amide bonds. The highest BCUT2D eigenvalue weighted by Gasteiger charge is 2.31. The van der Waals surface area contributed by atoms with Gasteiger partial charge in [0.15, 0.2) is 0 Å². The predicted molar refractivity (Wildman–Crippen MR) is 94.5 cm³/mol. The van der Waals surface area contributed by atoms with Crippen molar-refractivity contribution >= 4 is 11.4 Å². The maximum Gasteiger partial charge on any atom is 0.128 e. The van der Waals surface area contributed by atoms with Crippen LogP contribution in [0.1, 0.15) is 23.8 Å². The molecule has 4 heteroatoms. The van der Waals surface area contributed by atoms with Crippen molar-refractivity contribution < 1.29 is 9.15 Å². The van der Waals surface area contributed by atoms with Gasteiger partial charge in [-0.05, 0) is 54.1 Å². The number of hydrogen-bond acceptors (Lipinski definition) is 4. The Morgan fingerprint density at radius 1 is 1.00 bits per heavy atom. The van der Waals surface area contributed by atoms with Gasteiger partial charge in [-0.25, -0.2) is 0 Å². The second kappa shape index (κ2) is 6.24. The Labute approximate surface area is 141 Å². The predicted octanol–water partition coefficient (Wildman–Crippen LogP) is 4.64. The maximum absolute atomic E-state index is 5.65. The Kier molecular flexibility index (Phi) is 3.79. The molecule has 0 spiro atoms. The molecule has 2 heterocycles. The summed E-state index contributed by atoms with van der Waals surface area (Å²) in [5.41, 5.74) is 3.20. The summed E-state index contributed by atoms with van der Waals surface area (Å²) >= 11 is 0. The van der Waals surface area contributed by atoms with Gasteiger partial charge in [0.1, 0.15) is 17.6 Å². The summed E-state index contributed by atoms with van der Waals surface area (Å²) in [6, 6.07) is 22.2. The number of ether oxygens (including phenoxy) is 1. The number of benzene rings is 2. The van der Waals surface area contributed by atoms with Crippen LogP contribution in [0.25, 0.3) is 0 Å². The van der Waals surface area contributed by atoms with E-state index in [0.717, 1.165) is 34.9 Å². The van der Waals surface area contributed by atoms with Crippen LogP contribution in [0.2, 0.25) is 0 Å². The standard InChI is InChI=1S/C20H18N2O2/c1-23-17-11-9-15(10-12-17)18-14-19(20-8-5-13-24-20)22(21-18)16-6-3-2-4-7-16/h2-13,19H,14H2,1H3/t19-/m0/s1. The van der Waals surface area contributed by atoms with Crippen LogP contribution in [0.15, 0.2) is 82.5 Å². The van der Waals surface area contributed by atoms with E-state index in [4.69, 9.17) is 14.3 Å². The lowest BCUT2D eigenvalue weighted by Gasteiger charge is -2.21. The SMILES string of the molecule is COc1ccc(C2=NN(c3ccccc3)[C@H](c3ccco3)C2)cc1. The maximum atomic E-state index is 5.65. The highest BCUT2D eigenvalue weighted by Crippen LogP contribution is 2.36. The highest BCUT2D eigenvalue weighted by atomic mass is 16.5. The summed E-state index contributed by atoms with van der Waals surface area (Å²) in [5.74, 6) is 1.77. The molecule has 0 saturated heterocycles. The average Bonchev–Trinajstić information content (AvgIpc) is 3.32. The molecular weight excluding hydrogens is 300 g/mol.